The Labute approximate surface area is 212 Å². The second kappa shape index (κ2) is 9.20. The zero-order chi connectivity index (χ0) is 24.5. The van der Waals surface area contributed by atoms with E-state index in [2.05, 4.69) is 10.1 Å². The lowest BCUT2D eigenvalue weighted by molar-refractivity contribution is -0.114. The maximum Gasteiger partial charge on any atom is 0.282 e. The van der Waals surface area contributed by atoms with Gasteiger partial charge in [0.2, 0.25) is 5.13 Å². The maximum atomic E-state index is 13.5. The molecule has 0 atom stereocenters. The van der Waals surface area contributed by atoms with Crippen molar-refractivity contribution in [3.05, 3.63) is 114 Å². The molecule has 0 saturated carbocycles. The molecule has 3 heterocycles. The topological polar surface area (TPSA) is 63.4 Å². The Balaban J connectivity index is 1.37. The van der Waals surface area contributed by atoms with Gasteiger partial charge >= 0.3 is 0 Å². The fraction of sp³-hybridized carbons (Fsp3) is 0.0345. The van der Waals surface area contributed by atoms with Crippen molar-refractivity contribution < 1.29 is 4.79 Å². The summed E-state index contributed by atoms with van der Waals surface area (Å²) in [5.41, 5.74) is 6.55. The molecular formula is C29H21N5OS. The number of benzene rings is 3. The van der Waals surface area contributed by atoms with Crippen LogP contribution in [-0.4, -0.2) is 26.4 Å². The summed E-state index contributed by atoms with van der Waals surface area (Å²) in [5.74, 6) is -0.201. The smallest absolute Gasteiger partial charge is 0.267 e. The van der Waals surface area contributed by atoms with Crippen LogP contribution in [0.5, 0.6) is 0 Å². The lowest BCUT2D eigenvalue weighted by Crippen LogP contribution is -2.21. The second-order valence-electron chi connectivity index (χ2n) is 8.32. The lowest BCUT2D eigenvalue weighted by atomic mass is 10.0. The molecule has 6 rings (SSSR count). The summed E-state index contributed by atoms with van der Waals surface area (Å²) in [4.78, 5) is 18.1. The van der Waals surface area contributed by atoms with Gasteiger partial charge in [-0.2, -0.15) is 15.2 Å². The molecule has 0 bridgehead atoms. The largest absolute Gasteiger partial charge is 0.282 e. The number of hydrogen-bond acceptors (Lipinski definition) is 5. The first kappa shape index (κ1) is 21.9. The molecular weight excluding hydrogens is 466 g/mol. The number of nitrogens with zero attached hydrogens (tertiary/aromatic N) is 5. The van der Waals surface area contributed by atoms with Gasteiger partial charge in [-0.25, -0.2) is 9.67 Å². The van der Waals surface area contributed by atoms with E-state index in [1.165, 1.54) is 16.3 Å². The normalized spacial score (nSPS) is 14.5. The quantitative estimate of drug-likeness (QED) is 0.267. The van der Waals surface area contributed by atoms with Gasteiger partial charge in [0.1, 0.15) is 0 Å². The molecule has 7 heteroatoms. The summed E-state index contributed by atoms with van der Waals surface area (Å²) in [6, 6.07) is 29.8. The van der Waals surface area contributed by atoms with Gasteiger partial charge in [-0.1, -0.05) is 78.9 Å². The molecule has 0 saturated heterocycles. The number of hydrogen-bond donors (Lipinski definition) is 0. The van der Waals surface area contributed by atoms with Gasteiger partial charge in [0.05, 0.1) is 28.4 Å². The SMILES string of the molecule is CC1=NN(c2nc(-c3ccccc3)cs2)C(=O)/C1=C/c1cn(-c2ccccc2)nc1-c1ccccc1. The zero-order valence-electron chi connectivity index (χ0n) is 19.4. The highest BCUT2D eigenvalue weighted by Crippen LogP contribution is 2.32. The summed E-state index contributed by atoms with van der Waals surface area (Å²) in [6.45, 7) is 1.85. The van der Waals surface area contributed by atoms with E-state index < -0.39 is 0 Å². The third kappa shape index (κ3) is 4.06. The van der Waals surface area contributed by atoms with Gasteiger partial charge < -0.3 is 0 Å². The number of amides is 1. The van der Waals surface area contributed by atoms with E-state index in [1.54, 1.807) is 0 Å². The van der Waals surface area contributed by atoms with Gasteiger partial charge in [-0.15, -0.1) is 11.3 Å². The molecule has 0 fully saturated rings. The lowest BCUT2D eigenvalue weighted by Gasteiger charge is -2.07. The van der Waals surface area contributed by atoms with Gasteiger partial charge in [0, 0.05) is 28.3 Å². The van der Waals surface area contributed by atoms with Crippen molar-refractivity contribution in [2.45, 2.75) is 6.92 Å². The molecule has 174 valence electrons. The summed E-state index contributed by atoms with van der Waals surface area (Å²) in [7, 11) is 0. The Kier molecular flexibility index (Phi) is 5.59. The highest BCUT2D eigenvalue weighted by molar-refractivity contribution is 7.14. The third-order valence-corrected chi connectivity index (χ3v) is 6.73. The predicted molar refractivity (Wildman–Crippen MR) is 145 cm³/mol. The summed E-state index contributed by atoms with van der Waals surface area (Å²) in [6.07, 6.45) is 3.83. The number of rotatable bonds is 5. The van der Waals surface area contributed by atoms with Crippen molar-refractivity contribution in [3.63, 3.8) is 0 Å². The van der Waals surface area contributed by atoms with E-state index in [0.29, 0.717) is 16.4 Å². The zero-order valence-corrected chi connectivity index (χ0v) is 20.3. The summed E-state index contributed by atoms with van der Waals surface area (Å²) in [5, 5.41) is 13.3. The van der Waals surface area contributed by atoms with E-state index >= 15 is 0 Å². The average molecular weight is 488 g/mol. The molecule has 1 aliphatic heterocycles. The number of thiazole rings is 1. The number of para-hydroxylation sites is 1. The Morgan fingerprint density at radius 2 is 1.47 bits per heavy atom. The van der Waals surface area contributed by atoms with E-state index in [0.717, 1.165) is 33.8 Å². The number of hydrazone groups is 1. The predicted octanol–water partition coefficient (Wildman–Crippen LogP) is 6.47. The molecule has 3 aromatic carbocycles. The van der Waals surface area contributed by atoms with E-state index in [9.17, 15) is 4.79 Å². The highest BCUT2D eigenvalue weighted by atomic mass is 32.1. The maximum absolute atomic E-state index is 13.5. The van der Waals surface area contributed by atoms with Crippen molar-refractivity contribution in [2.24, 2.45) is 5.10 Å². The van der Waals surface area contributed by atoms with Crippen LogP contribution in [0.4, 0.5) is 5.13 Å². The number of carbonyl (C=O) groups excluding carboxylic acids is 1. The van der Waals surface area contributed by atoms with Crippen molar-refractivity contribution in [2.75, 3.05) is 5.01 Å². The summed E-state index contributed by atoms with van der Waals surface area (Å²) < 4.78 is 1.84. The fourth-order valence-electron chi connectivity index (χ4n) is 4.10. The van der Waals surface area contributed by atoms with Crippen molar-refractivity contribution in [1.82, 2.24) is 14.8 Å². The molecule has 0 unspecified atom stereocenters. The van der Waals surface area contributed by atoms with Gasteiger partial charge in [-0.05, 0) is 25.1 Å². The van der Waals surface area contributed by atoms with Crippen LogP contribution in [0, 0.1) is 0 Å². The Bertz CT molecular complexity index is 1600. The third-order valence-electron chi connectivity index (χ3n) is 5.92. The van der Waals surface area contributed by atoms with Gasteiger partial charge in [0.25, 0.3) is 5.91 Å². The van der Waals surface area contributed by atoms with Crippen LogP contribution in [0.1, 0.15) is 12.5 Å². The number of carbonyl (C=O) groups is 1. The molecule has 1 aliphatic rings. The van der Waals surface area contributed by atoms with E-state index in [-0.39, 0.29) is 5.91 Å². The number of anilines is 1. The molecule has 5 aromatic rings. The van der Waals surface area contributed by atoms with Crippen LogP contribution in [0.3, 0.4) is 0 Å². The molecule has 1 amide bonds. The first-order valence-corrected chi connectivity index (χ1v) is 12.4. The average Bonchev–Trinajstić information content (AvgIpc) is 3.65. The van der Waals surface area contributed by atoms with Crippen LogP contribution < -0.4 is 5.01 Å². The fourth-order valence-corrected chi connectivity index (χ4v) is 4.88. The van der Waals surface area contributed by atoms with E-state index in [4.69, 9.17) is 5.10 Å². The van der Waals surface area contributed by atoms with Crippen LogP contribution >= 0.6 is 11.3 Å². The standard InChI is InChI=1S/C29H21N5OS/c1-20-25(28(35)34(31-20)29-30-26(19-36-29)21-11-5-2-6-12-21)17-23-18-33(24-15-9-4-10-16-24)32-27(23)22-13-7-3-8-14-22/h2-19H,1H3/b25-17+. The Morgan fingerprint density at radius 1 is 0.833 bits per heavy atom. The highest BCUT2D eigenvalue weighted by Gasteiger charge is 2.31. The molecule has 0 aliphatic carbocycles. The van der Waals surface area contributed by atoms with Crippen LogP contribution in [0.2, 0.25) is 0 Å². The molecule has 0 N–H and O–H groups in total. The minimum atomic E-state index is -0.201. The molecule has 0 spiro atoms. The monoisotopic (exact) mass is 487 g/mol. The van der Waals surface area contributed by atoms with Crippen molar-refractivity contribution in [3.8, 4) is 28.2 Å². The number of aromatic nitrogens is 3. The first-order chi connectivity index (χ1) is 17.7. The van der Waals surface area contributed by atoms with Gasteiger partial charge in [-0.3, -0.25) is 4.79 Å². The minimum Gasteiger partial charge on any atom is -0.267 e. The Hall–Kier alpha value is -4.62. The minimum absolute atomic E-state index is 0.201. The summed E-state index contributed by atoms with van der Waals surface area (Å²) >= 11 is 1.40. The second-order valence-corrected chi connectivity index (χ2v) is 9.16. The molecule has 36 heavy (non-hydrogen) atoms. The van der Waals surface area contributed by atoms with Crippen LogP contribution in [0.25, 0.3) is 34.3 Å². The van der Waals surface area contributed by atoms with E-state index in [1.807, 2.05) is 120 Å². The first-order valence-electron chi connectivity index (χ1n) is 11.5. The Morgan fingerprint density at radius 3 is 2.17 bits per heavy atom. The van der Waals surface area contributed by atoms with Gasteiger partial charge in [0.15, 0.2) is 0 Å². The van der Waals surface area contributed by atoms with Crippen molar-refractivity contribution >= 4 is 34.2 Å². The molecule has 0 radical (unpaired) electrons. The van der Waals surface area contributed by atoms with Crippen molar-refractivity contribution in [1.29, 1.82) is 0 Å². The molecule has 6 nitrogen and oxygen atoms in total. The van der Waals surface area contributed by atoms with Crippen LogP contribution in [0.15, 0.2) is 113 Å². The molecule has 2 aromatic heterocycles. The van der Waals surface area contributed by atoms with Crippen LogP contribution in [-0.2, 0) is 4.79 Å².